The highest BCUT2D eigenvalue weighted by atomic mass is 16.3. The first-order chi connectivity index (χ1) is 9.51. The number of hydrogen-bond donors (Lipinski definition) is 2. The van der Waals surface area contributed by atoms with E-state index >= 15 is 0 Å². The zero-order valence-electron chi connectivity index (χ0n) is 13.0. The molecule has 1 aliphatic heterocycles. The van der Waals surface area contributed by atoms with Crippen LogP contribution in [0.5, 0.6) is 0 Å². The van der Waals surface area contributed by atoms with Crippen molar-refractivity contribution >= 4 is 0 Å². The van der Waals surface area contributed by atoms with E-state index in [1.54, 1.807) is 0 Å². The molecule has 0 amide bonds. The van der Waals surface area contributed by atoms with Crippen LogP contribution in [0.1, 0.15) is 32.3 Å². The molecule has 0 radical (unpaired) electrons. The van der Waals surface area contributed by atoms with E-state index in [0.29, 0.717) is 12.0 Å². The number of piperidine rings is 1. The van der Waals surface area contributed by atoms with Gasteiger partial charge in [0.25, 0.3) is 0 Å². The molecule has 1 fully saturated rings. The fraction of sp³-hybridized carbons (Fsp3) is 0.647. The monoisotopic (exact) mass is 276 g/mol. The van der Waals surface area contributed by atoms with E-state index in [2.05, 4.69) is 55.4 Å². The number of benzene rings is 1. The Morgan fingerprint density at radius 2 is 2.00 bits per heavy atom. The molecule has 2 N–H and O–H groups in total. The van der Waals surface area contributed by atoms with Gasteiger partial charge < -0.3 is 15.3 Å². The highest BCUT2D eigenvalue weighted by Gasteiger charge is 2.40. The quantitative estimate of drug-likeness (QED) is 0.810. The minimum Gasteiger partial charge on any atom is -0.389 e. The smallest absolute Gasteiger partial charge is 0.0712 e. The first kappa shape index (κ1) is 15.5. The van der Waals surface area contributed by atoms with E-state index < -0.39 is 5.60 Å². The summed E-state index contributed by atoms with van der Waals surface area (Å²) in [6, 6.07) is 10.9. The first-order valence-electron chi connectivity index (χ1n) is 7.68. The Bertz CT molecular complexity index is 409. The molecule has 1 aromatic rings. The van der Waals surface area contributed by atoms with Crippen LogP contribution in [-0.4, -0.2) is 41.8 Å². The van der Waals surface area contributed by atoms with Gasteiger partial charge in [0.1, 0.15) is 0 Å². The second-order valence-electron chi connectivity index (χ2n) is 6.41. The average molecular weight is 276 g/mol. The lowest BCUT2D eigenvalue weighted by Gasteiger charge is -2.46. The zero-order chi connectivity index (χ0) is 14.6. The van der Waals surface area contributed by atoms with Gasteiger partial charge in [0.2, 0.25) is 0 Å². The van der Waals surface area contributed by atoms with Gasteiger partial charge in [-0.25, -0.2) is 0 Å². The summed E-state index contributed by atoms with van der Waals surface area (Å²) in [5.41, 5.74) is 0.777. The molecule has 0 aromatic heterocycles. The molecule has 20 heavy (non-hydrogen) atoms. The molecule has 0 aliphatic carbocycles. The van der Waals surface area contributed by atoms with Crippen molar-refractivity contribution in [3.05, 3.63) is 35.9 Å². The zero-order valence-corrected chi connectivity index (χ0v) is 13.0. The molecule has 3 nitrogen and oxygen atoms in total. The fourth-order valence-corrected chi connectivity index (χ4v) is 3.13. The molecule has 1 saturated heterocycles. The van der Waals surface area contributed by atoms with Gasteiger partial charge in [-0.1, -0.05) is 37.3 Å². The average Bonchev–Trinajstić information content (AvgIpc) is 2.43. The van der Waals surface area contributed by atoms with Crippen molar-refractivity contribution in [3.8, 4) is 0 Å². The Kier molecular flexibility index (Phi) is 5.19. The molecule has 3 heteroatoms. The summed E-state index contributed by atoms with van der Waals surface area (Å²) in [5.74, 6) is 0.335. The number of rotatable bonds is 5. The summed E-state index contributed by atoms with van der Waals surface area (Å²) in [5, 5.41) is 14.3. The Balaban J connectivity index is 1.78. The van der Waals surface area contributed by atoms with Gasteiger partial charge in [0, 0.05) is 19.1 Å². The molecule has 1 aliphatic rings. The SMILES string of the molecule is C[C@@H]1C[C@](O)(CCNCc2ccccc2)[C@@H](C)CN1C. The molecule has 1 aromatic carbocycles. The second kappa shape index (κ2) is 6.70. The molecular formula is C17H28N2O. The van der Waals surface area contributed by atoms with Crippen LogP contribution in [0, 0.1) is 5.92 Å². The van der Waals surface area contributed by atoms with Crippen LogP contribution in [0.4, 0.5) is 0 Å². The largest absolute Gasteiger partial charge is 0.389 e. The van der Waals surface area contributed by atoms with Crippen molar-refractivity contribution in [2.75, 3.05) is 20.1 Å². The Morgan fingerprint density at radius 3 is 2.70 bits per heavy atom. The lowest BCUT2D eigenvalue weighted by molar-refractivity contribution is -0.0831. The molecule has 112 valence electrons. The first-order valence-corrected chi connectivity index (χ1v) is 7.68. The standard InChI is InChI=1S/C17H28N2O/c1-14-13-19(3)15(2)11-17(14,20)9-10-18-12-16-7-5-4-6-8-16/h4-8,14-15,18,20H,9-13H2,1-3H3/t14-,15+,17+/m0/s1. The summed E-state index contributed by atoms with van der Waals surface area (Å²) in [6.45, 7) is 7.09. The number of nitrogens with one attached hydrogen (secondary N) is 1. The molecule has 0 spiro atoms. The van der Waals surface area contributed by atoms with Crippen molar-refractivity contribution in [2.24, 2.45) is 5.92 Å². The van der Waals surface area contributed by atoms with Crippen LogP contribution in [-0.2, 0) is 6.54 Å². The van der Waals surface area contributed by atoms with E-state index in [4.69, 9.17) is 0 Å². The highest BCUT2D eigenvalue weighted by molar-refractivity contribution is 5.14. The molecule has 0 bridgehead atoms. The maximum atomic E-state index is 10.9. The topological polar surface area (TPSA) is 35.5 Å². The third kappa shape index (κ3) is 3.81. The minimum atomic E-state index is -0.518. The molecule has 2 rings (SSSR count). The highest BCUT2D eigenvalue weighted by Crippen LogP contribution is 2.33. The van der Waals surface area contributed by atoms with E-state index in [1.165, 1.54) is 5.56 Å². The summed E-state index contributed by atoms with van der Waals surface area (Å²) in [4.78, 5) is 2.34. The van der Waals surface area contributed by atoms with Crippen LogP contribution < -0.4 is 5.32 Å². The maximum Gasteiger partial charge on any atom is 0.0712 e. The minimum absolute atomic E-state index is 0.335. The van der Waals surface area contributed by atoms with Crippen molar-refractivity contribution in [1.82, 2.24) is 10.2 Å². The fourth-order valence-electron chi connectivity index (χ4n) is 3.13. The maximum absolute atomic E-state index is 10.9. The lowest BCUT2D eigenvalue weighted by atomic mass is 9.77. The van der Waals surface area contributed by atoms with Gasteiger partial charge in [-0.15, -0.1) is 0 Å². The van der Waals surface area contributed by atoms with Crippen LogP contribution in [0.3, 0.4) is 0 Å². The van der Waals surface area contributed by atoms with E-state index in [9.17, 15) is 5.11 Å². The van der Waals surface area contributed by atoms with Gasteiger partial charge in [-0.3, -0.25) is 0 Å². The molecule has 3 atom stereocenters. The Morgan fingerprint density at radius 1 is 1.30 bits per heavy atom. The van der Waals surface area contributed by atoms with Crippen LogP contribution >= 0.6 is 0 Å². The van der Waals surface area contributed by atoms with Crippen molar-refractivity contribution in [3.63, 3.8) is 0 Å². The normalized spacial score (nSPS) is 31.4. The van der Waals surface area contributed by atoms with Crippen LogP contribution in [0.15, 0.2) is 30.3 Å². The van der Waals surface area contributed by atoms with Gasteiger partial charge in [-0.05, 0) is 44.8 Å². The van der Waals surface area contributed by atoms with Gasteiger partial charge >= 0.3 is 0 Å². The third-order valence-corrected chi connectivity index (χ3v) is 4.79. The number of nitrogens with zero attached hydrogens (tertiary/aromatic N) is 1. The predicted molar refractivity (Wildman–Crippen MR) is 83.6 cm³/mol. The number of likely N-dealkylation sites (tertiary alicyclic amines) is 1. The number of aliphatic hydroxyl groups is 1. The Hall–Kier alpha value is -0.900. The van der Waals surface area contributed by atoms with Gasteiger partial charge in [0.15, 0.2) is 0 Å². The third-order valence-electron chi connectivity index (χ3n) is 4.79. The van der Waals surface area contributed by atoms with Crippen LogP contribution in [0.2, 0.25) is 0 Å². The Labute approximate surface area is 123 Å². The summed E-state index contributed by atoms with van der Waals surface area (Å²) in [6.07, 6.45) is 1.71. The number of hydrogen-bond acceptors (Lipinski definition) is 3. The second-order valence-corrected chi connectivity index (χ2v) is 6.41. The predicted octanol–water partition coefficient (Wildman–Crippen LogP) is 2.26. The van der Waals surface area contributed by atoms with E-state index in [-0.39, 0.29) is 0 Å². The van der Waals surface area contributed by atoms with Gasteiger partial charge in [0.05, 0.1) is 5.60 Å². The van der Waals surface area contributed by atoms with Crippen molar-refractivity contribution < 1.29 is 5.11 Å². The lowest BCUT2D eigenvalue weighted by Crippen LogP contribution is -2.54. The molecular weight excluding hydrogens is 248 g/mol. The molecule has 0 saturated carbocycles. The van der Waals surface area contributed by atoms with Crippen molar-refractivity contribution in [1.29, 1.82) is 0 Å². The summed E-state index contributed by atoms with van der Waals surface area (Å²) < 4.78 is 0. The molecule has 0 unspecified atom stereocenters. The van der Waals surface area contributed by atoms with Crippen molar-refractivity contribution in [2.45, 2.75) is 44.9 Å². The van der Waals surface area contributed by atoms with Crippen LogP contribution in [0.25, 0.3) is 0 Å². The molecule has 1 heterocycles. The van der Waals surface area contributed by atoms with E-state index in [1.807, 2.05) is 6.07 Å². The van der Waals surface area contributed by atoms with E-state index in [0.717, 1.165) is 32.5 Å². The summed E-state index contributed by atoms with van der Waals surface area (Å²) >= 11 is 0. The summed E-state index contributed by atoms with van der Waals surface area (Å²) in [7, 11) is 2.15. The van der Waals surface area contributed by atoms with Gasteiger partial charge in [-0.2, -0.15) is 0 Å².